The van der Waals surface area contributed by atoms with Crippen LogP contribution in [0, 0.1) is 31.0 Å². The maximum Gasteiger partial charge on any atom is 0.124 e. The van der Waals surface area contributed by atoms with Crippen molar-refractivity contribution in [3.8, 4) is 11.8 Å². The van der Waals surface area contributed by atoms with Gasteiger partial charge in [0.1, 0.15) is 18.2 Å². The van der Waals surface area contributed by atoms with E-state index in [1.54, 1.807) is 6.07 Å². The van der Waals surface area contributed by atoms with Crippen LogP contribution in [0.1, 0.15) is 22.3 Å². The van der Waals surface area contributed by atoms with Crippen LogP contribution in [0.3, 0.4) is 0 Å². The molecule has 0 aromatic heterocycles. The highest BCUT2D eigenvalue weighted by atomic mass is 19.1. The summed E-state index contributed by atoms with van der Waals surface area (Å²) in [5.74, 6) is 0.362. The van der Waals surface area contributed by atoms with Crippen molar-refractivity contribution in [3.05, 3.63) is 64.5 Å². The van der Waals surface area contributed by atoms with Gasteiger partial charge in [-0.15, -0.1) is 0 Å². The molecule has 96 valence electrons. The molecule has 2 aromatic rings. The summed E-state index contributed by atoms with van der Waals surface area (Å²) in [7, 11) is 0. The molecule has 0 fully saturated rings. The summed E-state index contributed by atoms with van der Waals surface area (Å²) < 4.78 is 19.0. The van der Waals surface area contributed by atoms with Crippen LogP contribution in [0.4, 0.5) is 4.39 Å². The van der Waals surface area contributed by atoms with Crippen molar-refractivity contribution in [2.75, 3.05) is 0 Å². The minimum atomic E-state index is -0.418. The zero-order chi connectivity index (χ0) is 13.8. The summed E-state index contributed by atoms with van der Waals surface area (Å²) in [5.41, 5.74) is 3.17. The second-order valence-electron chi connectivity index (χ2n) is 4.45. The number of rotatable bonds is 3. The predicted octanol–water partition coefficient (Wildman–Crippen LogP) is 3.89. The smallest absolute Gasteiger partial charge is 0.124 e. The molecule has 2 rings (SSSR count). The first-order chi connectivity index (χ1) is 9.10. The number of nitriles is 1. The van der Waals surface area contributed by atoms with E-state index < -0.39 is 5.82 Å². The standard InChI is InChI=1S/C16H14FNO/c1-11-4-3-5-16(12(11)2)19-10-14-6-13(9-18)7-15(17)8-14/h3-8H,10H2,1-2H3. The summed E-state index contributed by atoms with van der Waals surface area (Å²) in [4.78, 5) is 0. The van der Waals surface area contributed by atoms with Gasteiger partial charge in [-0.05, 0) is 54.8 Å². The molecule has 0 N–H and O–H groups in total. The van der Waals surface area contributed by atoms with Crippen LogP contribution in [0.5, 0.6) is 5.75 Å². The third-order valence-corrected chi connectivity index (χ3v) is 3.04. The Hall–Kier alpha value is -2.34. The molecule has 0 aliphatic heterocycles. The van der Waals surface area contributed by atoms with Crippen LogP contribution in [0.25, 0.3) is 0 Å². The van der Waals surface area contributed by atoms with Gasteiger partial charge in [-0.2, -0.15) is 5.26 Å². The van der Waals surface area contributed by atoms with Gasteiger partial charge < -0.3 is 4.74 Å². The number of hydrogen-bond donors (Lipinski definition) is 0. The number of benzene rings is 2. The first-order valence-corrected chi connectivity index (χ1v) is 5.99. The van der Waals surface area contributed by atoms with Gasteiger partial charge in [0.05, 0.1) is 11.6 Å². The molecule has 0 atom stereocenters. The van der Waals surface area contributed by atoms with E-state index in [0.717, 1.165) is 16.9 Å². The highest BCUT2D eigenvalue weighted by Gasteiger charge is 2.04. The van der Waals surface area contributed by atoms with E-state index in [1.165, 1.54) is 12.1 Å². The highest BCUT2D eigenvalue weighted by Crippen LogP contribution is 2.22. The fourth-order valence-electron chi connectivity index (χ4n) is 1.84. The second kappa shape index (κ2) is 5.53. The molecular formula is C16H14FNO. The van der Waals surface area contributed by atoms with Gasteiger partial charge in [-0.25, -0.2) is 4.39 Å². The van der Waals surface area contributed by atoms with Crippen LogP contribution in [-0.2, 0) is 6.61 Å². The predicted molar refractivity (Wildman–Crippen MR) is 71.4 cm³/mol. The second-order valence-corrected chi connectivity index (χ2v) is 4.45. The topological polar surface area (TPSA) is 33.0 Å². The lowest BCUT2D eigenvalue weighted by Crippen LogP contribution is -1.99. The van der Waals surface area contributed by atoms with Crippen LogP contribution in [-0.4, -0.2) is 0 Å². The van der Waals surface area contributed by atoms with E-state index in [-0.39, 0.29) is 6.61 Å². The Kier molecular flexibility index (Phi) is 3.82. The lowest BCUT2D eigenvalue weighted by molar-refractivity contribution is 0.303. The van der Waals surface area contributed by atoms with Crippen molar-refractivity contribution in [1.29, 1.82) is 5.26 Å². The quantitative estimate of drug-likeness (QED) is 0.833. The number of aryl methyl sites for hydroxylation is 1. The Morgan fingerprint density at radius 1 is 1.21 bits per heavy atom. The molecule has 0 saturated carbocycles. The summed E-state index contributed by atoms with van der Waals surface area (Å²) in [6, 6.07) is 12.0. The van der Waals surface area contributed by atoms with Crippen molar-refractivity contribution in [3.63, 3.8) is 0 Å². The molecule has 0 saturated heterocycles. The molecule has 0 aliphatic rings. The number of ether oxygens (including phenoxy) is 1. The SMILES string of the molecule is Cc1cccc(OCc2cc(F)cc(C#N)c2)c1C. The molecule has 0 aliphatic carbocycles. The van der Waals surface area contributed by atoms with Crippen molar-refractivity contribution in [2.45, 2.75) is 20.5 Å². The maximum atomic E-state index is 13.3. The van der Waals surface area contributed by atoms with Gasteiger partial charge in [0.25, 0.3) is 0 Å². The van der Waals surface area contributed by atoms with Gasteiger partial charge in [0.2, 0.25) is 0 Å². The molecular weight excluding hydrogens is 241 g/mol. The third kappa shape index (κ3) is 3.11. The third-order valence-electron chi connectivity index (χ3n) is 3.04. The monoisotopic (exact) mass is 255 g/mol. The van der Waals surface area contributed by atoms with Gasteiger partial charge >= 0.3 is 0 Å². The van der Waals surface area contributed by atoms with Gasteiger partial charge in [-0.3, -0.25) is 0 Å². The van der Waals surface area contributed by atoms with Crippen LogP contribution < -0.4 is 4.74 Å². The summed E-state index contributed by atoms with van der Waals surface area (Å²) >= 11 is 0. The van der Waals surface area contributed by atoms with Crippen LogP contribution in [0.15, 0.2) is 36.4 Å². The first kappa shape index (κ1) is 13.1. The van der Waals surface area contributed by atoms with Crippen molar-refractivity contribution < 1.29 is 9.13 Å². The summed E-state index contributed by atoms with van der Waals surface area (Å²) in [6.45, 7) is 4.24. The van der Waals surface area contributed by atoms with E-state index in [1.807, 2.05) is 38.1 Å². The minimum absolute atomic E-state index is 0.247. The molecule has 0 bridgehead atoms. The van der Waals surface area contributed by atoms with Gasteiger partial charge in [0.15, 0.2) is 0 Å². The van der Waals surface area contributed by atoms with Crippen LogP contribution in [0.2, 0.25) is 0 Å². The molecule has 2 aromatic carbocycles. The molecule has 0 spiro atoms. The Morgan fingerprint density at radius 3 is 2.74 bits per heavy atom. The van der Waals surface area contributed by atoms with E-state index in [4.69, 9.17) is 10.00 Å². The zero-order valence-corrected chi connectivity index (χ0v) is 10.9. The fraction of sp³-hybridized carbons (Fsp3) is 0.188. The summed E-state index contributed by atoms with van der Waals surface area (Å²) in [6.07, 6.45) is 0. The maximum absolute atomic E-state index is 13.3. The molecule has 0 radical (unpaired) electrons. The minimum Gasteiger partial charge on any atom is -0.489 e. The molecule has 0 heterocycles. The molecule has 0 unspecified atom stereocenters. The van der Waals surface area contributed by atoms with Crippen LogP contribution >= 0.6 is 0 Å². The van der Waals surface area contributed by atoms with E-state index in [0.29, 0.717) is 11.1 Å². The number of halogens is 1. The average Bonchev–Trinajstić information content (AvgIpc) is 2.40. The Labute approximate surface area is 112 Å². The van der Waals surface area contributed by atoms with E-state index in [9.17, 15) is 4.39 Å². The average molecular weight is 255 g/mol. The highest BCUT2D eigenvalue weighted by molar-refractivity contribution is 5.39. The Morgan fingerprint density at radius 2 is 2.00 bits per heavy atom. The molecule has 19 heavy (non-hydrogen) atoms. The normalized spacial score (nSPS) is 10.0. The lowest BCUT2D eigenvalue weighted by Gasteiger charge is -2.11. The molecule has 2 nitrogen and oxygen atoms in total. The van der Waals surface area contributed by atoms with Crippen molar-refractivity contribution >= 4 is 0 Å². The fourth-order valence-corrected chi connectivity index (χ4v) is 1.84. The molecule has 0 amide bonds. The van der Waals surface area contributed by atoms with E-state index in [2.05, 4.69) is 0 Å². The number of nitrogens with zero attached hydrogens (tertiary/aromatic N) is 1. The Balaban J connectivity index is 2.17. The number of hydrogen-bond acceptors (Lipinski definition) is 2. The largest absolute Gasteiger partial charge is 0.489 e. The zero-order valence-electron chi connectivity index (χ0n) is 10.9. The van der Waals surface area contributed by atoms with Crippen molar-refractivity contribution in [1.82, 2.24) is 0 Å². The van der Waals surface area contributed by atoms with Gasteiger partial charge in [-0.1, -0.05) is 12.1 Å². The Bertz CT molecular complexity index is 644. The lowest BCUT2D eigenvalue weighted by atomic mass is 10.1. The van der Waals surface area contributed by atoms with E-state index >= 15 is 0 Å². The van der Waals surface area contributed by atoms with Gasteiger partial charge in [0, 0.05) is 0 Å². The van der Waals surface area contributed by atoms with Crippen molar-refractivity contribution in [2.24, 2.45) is 0 Å². The summed E-state index contributed by atoms with van der Waals surface area (Å²) in [5, 5.41) is 8.79. The molecule has 3 heteroatoms. The first-order valence-electron chi connectivity index (χ1n) is 5.99.